The van der Waals surface area contributed by atoms with Gasteiger partial charge in [0, 0.05) is 18.3 Å². The number of sulfone groups is 1. The number of anilines is 2. The maximum absolute atomic E-state index is 12.5. The van der Waals surface area contributed by atoms with Gasteiger partial charge in [-0.15, -0.1) is 10.2 Å². The molecule has 0 aliphatic carbocycles. The molecule has 0 bridgehead atoms. The van der Waals surface area contributed by atoms with Gasteiger partial charge in [-0.25, -0.2) is 8.42 Å². The molecule has 0 radical (unpaired) electrons. The number of nitrogens with zero attached hydrogens (tertiary/aromatic N) is 3. The van der Waals surface area contributed by atoms with E-state index in [0.29, 0.717) is 22.4 Å². The normalized spacial score (nSPS) is 18.0. The maximum atomic E-state index is 12.5. The van der Waals surface area contributed by atoms with E-state index in [-0.39, 0.29) is 29.2 Å². The standard InChI is InChI=1S/C17H22N4O4S3/c1-3-21(13-8-9-28(23,24)11-13)15(22)10-26-17-20-19-16(27-17)18-12-4-6-14(25-2)7-5-12/h4-7,13H,3,8-11H2,1-2H3,(H,18,19)/t13-/m0/s1. The van der Waals surface area contributed by atoms with Gasteiger partial charge in [-0.3, -0.25) is 4.79 Å². The molecule has 0 saturated carbocycles. The average molecular weight is 443 g/mol. The van der Waals surface area contributed by atoms with Crippen LogP contribution in [0.15, 0.2) is 28.6 Å². The van der Waals surface area contributed by atoms with E-state index in [0.717, 1.165) is 11.4 Å². The van der Waals surface area contributed by atoms with E-state index >= 15 is 0 Å². The monoisotopic (exact) mass is 442 g/mol. The number of methoxy groups -OCH3 is 1. The Morgan fingerprint density at radius 3 is 2.71 bits per heavy atom. The van der Waals surface area contributed by atoms with Crippen LogP contribution in [0.5, 0.6) is 5.75 Å². The van der Waals surface area contributed by atoms with Crippen molar-refractivity contribution in [2.24, 2.45) is 0 Å². The molecule has 1 saturated heterocycles. The van der Waals surface area contributed by atoms with Gasteiger partial charge in [0.15, 0.2) is 14.2 Å². The van der Waals surface area contributed by atoms with Crippen molar-refractivity contribution in [2.45, 2.75) is 23.7 Å². The maximum Gasteiger partial charge on any atom is 0.233 e. The van der Waals surface area contributed by atoms with Gasteiger partial charge in [0.2, 0.25) is 11.0 Å². The summed E-state index contributed by atoms with van der Waals surface area (Å²) in [5.74, 6) is 1.13. The molecule has 3 rings (SSSR count). The Hall–Kier alpha value is -1.85. The first-order chi connectivity index (χ1) is 13.4. The summed E-state index contributed by atoms with van der Waals surface area (Å²) >= 11 is 2.68. The minimum Gasteiger partial charge on any atom is -0.497 e. The molecule has 1 amide bonds. The second-order valence-electron chi connectivity index (χ2n) is 6.25. The molecule has 1 atom stereocenters. The summed E-state index contributed by atoms with van der Waals surface area (Å²) in [6.07, 6.45) is 0.515. The Morgan fingerprint density at radius 2 is 2.11 bits per heavy atom. The molecule has 1 aliphatic rings. The van der Waals surface area contributed by atoms with Crippen molar-refractivity contribution in [3.63, 3.8) is 0 Å². The summed E-state index contributed by atoms with van der Waals surface area (Å²) in [6, 6.07) is 7.24. The number of hydrogen-bond donors (Lipinski definition) is 1. The highest BCUT2D eigenvalue weighted by molar-refractivity contribution is 8.01. The molecule has 1 aromatic carbocycles. The van der Waals surface area contributed by atoms with Crippen LogP contribution in [0, 0.1) is 0 Å². The zero-order chi connectivity index (χ0) is 20.1. The molecule has 1 fully saturated rings. The van der Waals surface area contributed by atoms with Crippen molar-refractivity contribution in [3.05, 3.63) is 24.3 Å². The number of carbonyl (C=O) groups is 1. The van der Waals surface area contributed by atoms with E-state index in [9.17, 15) is 13.2 Å². The molecule has 8 nitrogen and oxygen atoms in total. The molecule has 1 aromatic heterocycles. The van der Waals surface area contributed by atoms with E-state index in [1.165, 1.54) is 23.1 Å². The van der Waals surface area contributed by atoms with Crippen molar-refractivity contribution < 1.29 is 17.9 Å². The van der Waals surface area contributed by atoms with E-state index in [1.54, 1.807) is 12.0 Å². The molecule has 1 aliphatic heterocycles. The van der Waals surface area contributed by atoms with Crippen molar-refractivity contribution in [2.75, 3.05) is 36.2 Å². The first kappa shape index (κ1) is 20.9. The Morgan fingerprint density at radius 1 is 1.36 bits per heavy atom. The Labute approximate surface area is 172 Å². The molecule has 0 spiro atoms. The largest absolute Gasteiger partial charge is 0.497 e. The van der Waals surface area contributed by atoms with E-state index < -0.39 is 9.84 Å². The molecule has 28 heavy (non-hydrogen) atoms. The Kier molecular flexibility index (Phi) is 6.78. The van der Waals surface area contributed by atoms with Crippen LogP contribution in [-0.2, 0) is 14.6 Å². The quantitative estimate of drug-likeness (QED) is 0.622. The highest BCUT2D eigenvalue weighted by Gasteiger charge is 2.33. The van der Waals surface area contributed by atoms with Gasteiger partial charge in [0.05, 0.1) is 24.4 Å². The summed E-state index contributed by atoms with van der Waals surface area (Å²) in [5, 5.41) is 12.0. The second-order valence-corrected chi connectivity index (χ2v) is 10.7. The van der Waals surface area contributed by atoms with Crippen LogP contribution in [0.25, 0.3) is 0 Å². The van der Waals surface area contributed by atoms with Crippen molar-refractivity contribution in [1.29, 1.82) is 0 Å². The van der Waals surface area contributed by atoms with Gasteiger partial charge < -0.3 is 15.0 Å². The lowest BCUT2D eigenvalue weighted by Crippen LogP contribution is -2.41. The summed E-state index contributed by atoms with van der Waals surface area (Å²) in [7, 11) is -1.40. The highest BCUT2D eigenvalue weighted by atomic mass is 32.2. The number of aromatic nitrogens is 2. The second kappa shape index (κ2) is 9.10. The minimum atomic E-state index is -3.02. The number of ether oxygens (including phenoxy) is 1. The zero-order valence-corrected chi connectivity index (χ0v) is 18.1. The lowest BCUT2D eigenvalue weighted by atomic mass is 10.2. The van der Waals surface area contributed by atoms with Crippen molar-refractivity contribution >= 4 is 49.7 Å². The predicted octanol–water partition coefficient (Wildman–Crippen LogP) is 2.42. The van der Waals surface area contributed by atoms with Crippen LogP contribution in [0.3, 0.4) is 0 Å². The molecule has 0 unspecified atom stereocenters. The number of hydrogen-bond acceptors (Lipinski definition) is 9. The fraction of sp³-hybridized carbons (Fsp3) is 0.471. The van der Waals surface area contributed by atoms with Crippen LogP contribution in [0.2, 0.25) is 0 Å². The third-order valence-corrected chi connectivity index (χ3v) is 8.08. The Balaban J connectivity index is 1.53. The highest BCUT2D eigenvalue weighted by Crippen LogP contribution is 2.29. The summed E-state index contributed by atoms with van der Waals surface area (Å²) in [4.78, 5) is 14.2. The molecule has 152 valence electrons. The van der Waals surface area contributed by atoms with Gasteiger partial charge in [0.1, 0.15) is 5.75 Å². The van der Waals surface area contributed by atoms with Gasteiger partial charge in [-0.1, -0.05) is 23.1 Å². The summed E-state index contributed by atoms with van der Waals surface area (Å²) in [5.41, 5.74) is 0.865. The summed E-state index contributed by atoms with van der Waals surface area (Å²) < 4.78 is 29.2. The third-order valence-electron chi connectivity index (χ3n) is 4.38. The first-order valence-corrected chi connectivity index (χ1v) is 12.4. The fourth-order valence-electron chi connectivity index (χ4n) is 2.98. The fourth-order valence-corrected chi connectivity index (χ4v) is 6.37. The molecule has 11 heteroatoms. The molecule has 2 heterocycles. The molecular formula is C17H22N4O4S3. The lowest BCUT2D eigenvalue weighted by molar-refractivity contribution is -0.129. The number of rotatable bonds is 8. The van der Waals surface area contributed by atoms with Crippen molar-refractivity contribution in [1.82, 2.24) is 15.1 Å². The van der Waals surface area contributed by atoms with Crippen LogP contribution in [0.4, 0.5) is 10.8 Å². The Bertz CT molecular complexity index is 915. The van der Waals surface area contributed by atoms with Crippen molar-refractivity contribution in [3.8, 4) is 5.75 Å². The molecular weight excluding hydrogens is 420 g/mol. The van der Waals surface area contributed by atoms with Crippen LogP contribution < -0.4 is 10.1 Å². The van der Waals surface area contributed by atoms with E-state index in [2.05, 4.69) is 15.5 Å². The SMILES string of the molecule is CCN(C(=O)CSc1nnc(Nc2ccc(OC)cc2)s1)[C@H]1CCS(=O)(=O)C1. The number of benzene rings is 1. The number of carbonyl (C=O) groups excluding carboxylic acids is 1. The van der Waals surface area contributed by atoms with E-state index in [1.807, 2.05) is 31.2 Å². The summed E-state index contributed by atoms with van der Waals surface area (Å²) in [6.45, 7) is 2.37. The predicted molar refractivity (Wildman–Crippen MR) is 111 cm³/mol. The van der Waals surface area contributed by atoms with Crippen LogP contribution in [0.1, 0.15) is 13.3 Å². The zero-order valence-electron chi connectivity index (χ0n) is 15.6. The molecule has 2 aromatic rings. The average Bonchev–Trinajstić information content (AvgIpc) is 3.27. The number of amides is 1. The minimum absolute atomic E-state index is 0.0615. The van der Waals surface area contributed by atoms with Gasteiger partial charge in [-0.05, 0) is 37.6 Å². The number of nitrogens with one attached hydrogen (secondary N) is 1. The third kappa shape index (κ3) is 5.36. The van der Waals surface area contributed by atoms with Crippen LogP contribution in [-0.4, -0.2) is 66.4 Å². The first-order valence-electron chi connectivity index (χ1n) is 8.77. The van der Waals surface area contributed by atoms with Gasteiger partial charge >= 0.3 is 0 Å². The number of thioether (sulfide) groups is 1. The smallest absolute Gasteiger partial charge is 0.233 e. The van der Waals surface area contributed by atoms with Gasteiger partial charge in [-0.2, -0.15) is 0 Å². The van der Waals surface area contributed by atoms with E-state index in [4.69, 9.17) is 4.74 Å². The van der Waals surface area contributed by atoms with Crippen LogP contribution >= 0.6 is 23.1 Å². The lowest BCUT2D eigenvalue weighted by Gasteiger charge is -2.26. The molecule has 1 N–H and O–H groups in total. The topological polar surface area (TPSA) is 101 Å². The van der Waals surface area contributed by atoms with Gasteiger partial charge in [0.25, 0.3) is 0 Å².